The SMILES string of the molecule is C[Si](C)C(C)(C)C.C[Si](C)C(C)(C)C.[Cl][Ge][Cl].[Cl][Ge][Cl]. The van der Waals surface area contributed by atoms with Gasteiger partial charge in [0, 0.05) is 17.6 Å². The van der Waals surface area contributed by atoms with Crippen LogP contribution in [0.15, 0.2) is 0 Å². The van der Waals surface area contributed by atoms with E-state index in [2.05, 4.69) is 67.7 Å². The van der Waals surface area contributed by atoms with E-state index in [-0.39, 0.29) is 17.6 Å². The molecule has 0 fully saturated rings. The molecule has 0 aliphatic heterocycles. The molecule has 6 radical (unpaired) electrons. The molecule has 0 N–H and O–H groups in total. The first kappa shape index (κ1) is 30.5. The van der Waals surface area contributed by atoms with Gasteiger partial charge < -0.3 is 0 Å². The van der Waals surface area contributed by atoms with E-state index < -0.39 is 27.1 Å². The van der Waals surface area contributed by atoms with Crippen LogP contribution in [0.4, 0.5) is 0 Å². The van der Waals surface area contributed by atoms with E-state index >= 15 is 0 Å². The molecule has 0 aromatic heterocycles. The summed E-state index contributed by atoms with van der Waals surface area (Å²) in [6.45, 7) is 23.2. The molecule has 8 heteroatoms. The van der Waals surface area contributed by atoms with Gasteiger partial charge in [0.25, 0.3) is 0 Å². The van der Waals surface area contributed by atoms with Crippen molar-refractivity contribution in [2.24, 2.45) is 0 Å². The third-order valence-electron chi connectivity index (χ3n) is 3.00. The third kappa shape index (κ3) is 37.2. The van der Waals surface area contributed by atoms with Crippen LogP contribution in [0, 0.1) is 0 Å². The van der Waals surface area contributed by atoms with Gasteiger partial charge in [-0.15, -0.1) is 0 Å². The minimum absolute atomic E-state index is 0.0502. The van der Waals surface area contributed by atoms with Gasteiger partial charge in [-0.05, 0) is 10.1 Å². The van der Waals surface area contributed by atoms with Crippen molar-refractivity contribution >= 4 is 84.8 Å². The number of rotatable bonds is 0. The zero-order valence-electron chi connectivity index (χ0n) is 14.5. The molecule has 0 aliphatic rings. The Morgan fingerprint density at radius 1 is 0.550 bits per heavy atom. The average molecular weight is 518 g/mol. The summed E-state index contributed by atoms with van der Waals surface area (Å²) >= 11 is -1.11. The molecule has 0 spiro atoms. The summed E-state index contributed by atoms with van der Waals surface area (Å²) in [7, 11) is 19.5. The number of hydrogen-bond acceptors (Lipinski definition) is 0. The van der Waals surface area contributed by atoms with E-state index in [0.29, 0.717) is 10.1 Å². The zero-order valence-corrected chi connectivity index (χ0v) is 23.7. The first-order chi connectivity index (χ1) is 8.72. The maximum absolute atomic E-state index is 4.89. The molecule has 0 amide bonds. The quantitative estimate of drug-likeness (QED) is 0.301. The molecule has 0 saturated heterocycles. The Morgan fingerprint density at radius 3 is 0.600 bits per heavy atom. The molecule has 0 aromatic carbocycles. The van der Waals surface area contributed by atoms with Gasteiger partial charge in [-0.2, -0.15) is 0 Å². The normalized spacial score (nSPS) is 10.8. The van der Waals surface area contributed by atoms with Crippen LogP contribution in [0.3, 0.4) is 0 Å². The van der Waals surface area contributed by atoms with Crippen LogP contribution in [-0.4, -0.2) is 44.7 Å². The monoisotopic (exact) mass is 518 g/mol. The van der Waals surface area contributed by atoms with Gasteiger partial charge in [0.2, 0.25) is 0 Å². The molecule has 0 bridgehead atoms. The number of hydrogen-bond donors (Lipinski definition) is 0. The molecule has 0 aromatic rings. The predicted octanol–water partition coefficient (Wildman–Crippen LogP) is 7.08. The summed E-state index contributed by atoms with van der Waals surface area (Å²) in [5.41, 5.74) is 0. The van der Waals surface area contributed by atoms with Crippen molar-refractivity contribution in [3.63, 3.8) is 0 Å². The molecule has 20 heavy (non-hydrogen) atoms. The van der Waals surface area contributed by atoms with Gasteiger partial charge in [0.15, 0.2) is 0 Å². The second kappa shape index (κ2) is 18.0. The van der Waals surface area contributed by atoms with Crippen LogP contribution in [-0.2, 0) is 0 Å². The molecule has 0 saturated carbocycles. The van der Waals surface area contributed by atoms with E-state index in [0.717, 1.165) is 0 Å². The minimum atomic E-state index is -0.556. The first-order valence-corrected chi connectivity index (χ1v) is 22.3. The molecule has 122 valence electrons. The molecule has 0 rings (SSSR count). The van der Waals surface area contributed by atoms with Crippen LogP contribution in [0.2, 0.25) is 36.3 Å². The Labute approximate surface area is 161 Å². The molecular weight excluding hydrogens is 487 g/mol. The van der Waals surface area contributed by atoms with Gasteiger partial charge in [-0.25, -0.2) is 0 Å². The van der Waals surface area contributed by atoms with Crippen molar-refractivity contribution < 1.29 is 0 Å². The fraction of sp³-hybridized carbons (Fsp3) is 1.00. The van der Waals surface area contributed by atoms with Crippen LogP contribution >= 0.6 is 40.0 Å². The molecule has 0 nitrogen and oxygen atoms in total. The van der Waals surface area contributed by atoms with Crippen LogP contribution < -0.4 is 0 Å². The van der Waals surface area contributed by atoms with Crippen LogP contribution in [0.5, 0.6) is 0 Å². The van der Waals surface area contributed by atoms with E-state index in [1.54, 1.807) is 0 Å². The summed E-state index contributed by atoms with van der Waals surface area (Å²) < 4.78 is 0. The fourth-order valence-corrected chi connectivity index (χ4v) is 0. The Balaban J connectivity index is -0.0000000927. The summed E-state index contributed by atoms with van der Waals surface area (Å²) in [4.78, 5) is 0. The summed E-state index contributed by atoms with van der Waals surface area (Å²) in [6, 6.07) is 0. The number of halogens is 4. The van der Waals surface area contributed by atoms with Crippen molar-refractivity contribution in [2.45, 2.75) is 77.8 Å². The molecule has 0 aliphatic carbocycles. The molecular formula is C12H30Cl4Ge2Si2. The summed E-state index contributed by atoms with van der Waals surface area (Å²) in [6.07, 6.45) is 0. The van der Waals surface area contributed by atoms with E-state index in [9.17, 15) is 0 Å². The van der Waals surface area contributed by atoms with Gasteiger partial charge >= 0.3 is 67.2 Å². The van der Waals surface area contributed by atoms with Gasteiger partial charge in [0.05, 0.1) is 0 Å². The fourth-order valence-electron chi connectivity index (χ4n) is 0. The second-order valence-electron chi connectivity index (χ2n) is 6.64. The third-order valence-corrected chi connectivity index (χ3v) is 9.00. The predicted molar refractivity (Wildman–Crippen MR) is 109 cm³/mol. The van der Waals surface area contributed by atoms with Crippen LogP contribution in [0.25, 0.3) is 0 Å². The average Bonchev–Trinajstić information content (AvgIpc) is 2.17. The Bertz CT molecular complexity index is 161. The van der Waals surface area contributed by atoms with Gasteiger partial charge in [-0.1, -0.05) is 67.7 Å². The van der Waals surface area contributed by atoms with E-state index in [1.807, 2.05) is 0 Å². The van der Waals surface area contributed by atoms with Crippen molar-refractivity contribution in [1.29, 1.82) is 0 Å². The van der Waals surface area contributed by atoms with E-state index in [1.165, 1.54) is 0 Å². The Morgan fingerprint density at radius 2 is 0.600 bits per heavy atom. The standard InChI is InChI=1S/2C6H15Si.2Cl2Ge/c2*1-6(2,3)7(4)5;2*1-3-2/h2*1-5H3;;. The first-order valence-electron chi connectivity index (χ1n) is 6.26. The summed E-state index contributed by atoms with van der Waals surface area (Å²) in [5.74, 6) is 0. The molecule has 0 atom stereocenters. The van der Waals surface area contributed by atoms with Crippen molar-refractivity contribution in [1.82, 2.24) is 0 Å². The molecule has 0 unspecified atom stereocenters. The Kier molecular flexibility index (Phi) is 27.5. The van der Waals surface area contributed by atoms with Crippen LogP contribution in [0.1, 0.15) is 41.5 Å². The van der Waals surface area contributed by atoms with Crippen molar-refractivity contribution in [3.8, 4) is 0 Å². The topological polar surface area (TPSA) is 0 Å². The second-order valence-corrected chi connectivity index (χ2v) is 20.2. The zero-order chi connectivity index (χ0) is 17.6. The van der Waals surface area contributed by atoms with Crippen molar-refractivity contribution in [2.75, 3.05) is 0 Å². The summed E-state index contributed by atoms with van der Waals surface area (Å²) in [5, 5.41) is 1.20. The molecule has 0 heterocycles. The van der Waals surface area contributed by atoms with E-state index in [4.69, 9.17) is 40.0 Å². The van der Waals surface area contributed by atoms with Gasteiger partial charge in [0.1, 0.15) is 0 Å². The maximum atomic E-state index is 4.89. The van der Waals surface area contributed by atoms with Gasteiger partial charge in [-0.3, -0.25) is 0 Å². The van der Waals surface area contributed by atoms with Crippen molar-refractivity contribution in [3.05, 3.63) is 0 Å². The Hall–Kier alpha value is 2.68.